The summed E-state index contributed by atoms with van der Waals surface area (Å²) in [5, 5.41) is 0. The van der Waals surface area contributed by atoms with Gasteiger partial charge in [0.1, 0.15) is 0 Å². The molecule has 0 aliphatic carbocycles. The lowest BCUT2D eigenvalue weighted by Gasteiger charge is -2.22. The van der Waals surface area contributed by atoms with Crippen LogP contribution < -0.4 is 0 Å². The highest BCUT2D eigenvalue weighted by Crippen LogP contribution is 2.13. The molecule has 1 aromatic carbocycles. The van der Waals surface area contributed by atoms with Crippen molar-refractivity contribution in [2.24, 2.45) is 0 Å². The van der Waals surface area contributed by atoms with Crippen LogP contribution in [0.15, 0.2) is 30.8 Å². The molecule has 0 N–H and O–H groups in total. The number of hydrogen-bond donors (Lipinski definition) is 0. The molecule has 0 bridgehead atoms. The summed E-state index contributed by atoms with van der Waals surface area (Å²) in [6, 6.07) is 9.52. The first-order valence-corrected chi connectivity index (χ1v) is 9.11. The summed E-state index contributed by atoms with van der Waals surface area (Å²) in [5.41, 5.74) is 2.65. The smallest absolute Gasteiger partial charge is 0.205 e. The van der Waals surface area contributed by atoms with Gasteiger partial charge in [-0.2, -0.15) is 0 Å². The minimum atomic E-state index is -1.29. The quantitative estimate of drug-likeness (QED) is 0.637. The fourth-order valence-corrected chi connectivity index (χ4v) is 4.41. The van der Waals surface area contributed by atoms with Crippen LogP contribution >= 0.6 is 0 Å². The van der Waals surface area contributed by atoms with Crippen LogP contribution in [0.1, 0.15) is 38.3 Å². The number of rotatable bonds is 9. The summed E-state index contributed by atoms with van der Waals surface area (Å²) < 4.78 is 11.9. The van der Waals surface area contributed by atoms with Gasteiger partial charge < -0.3 is 9.16 Å². The molecule has 2 unspecified atom stereocenters. The van der Waals surface area contributed by atoms with Gasteiger partial charge in [0.25, 0.3) is 0 Å². The summed E-state index contributed by atoms with van der Waals surface area (Å²) >= 11 is 0. The lowest BCUT2D eigenvalue weighted by atomic mass is 10.1. The van der Waals surface area contributed by atoms with Gasteiger partial charge in [0.05, 0.1) is 12.3 Å². The van der Waals surface area contributed by atoms with E-state index in [-0.39, 0.29) is 5.73 Å². The minimum absolute atomic E-state index is 0.285. The largest absolute Gasteiger partial charge is 0.413 e. The number of ether oxygens (including phenoxy) is 1. The van der Waals surface area contributed by atoms with Gasteiger partial charge in [-0.25, -0.2) is 0 Å². The van der Waals surface area contributed by atoms with E-state index < -0.39 is 9.04 Å². The fourth-order valence-electron chi connectivity index (χ4n) is 2.12. The summed E-state index contributed by atoms with van der Waals surface area (Å²) in [5.74, 6) is 0. The third-order valence-corrected chi connectivity index (χ3v) is 6.16. The second-order valence-corrected chi connectivity index (χ2v) is 7.67. The zero-order chi connectivity index (χ0) is 14.1. The zero-order valence-corrected chi connectivity index (χ0v) is 13.5. The molecular formula is C16H26O2Si. The molecular weight excluding hydrogens is 252 g/mol. The van der Waals surface area contributed by atoms with Crippen molar-refractivity contribution in [2.45, 2.75) is 45.6 Å². The average molecular weight is 278 g/mol. The SMILES string of the molecule is C=Cc1cccc(CO[SiH](CCC)C(C)OCC)c1. The first-order valence-electron chi connectivity index (χ1n) is 7.15. The maximum atomic E-state index is 6.16. The van der Waals surface area contributed by atoms with Gasteiger partial charge in [-0.05, 0) is 37.1 Å². The van der Waals surface area contributed by atoms with E-state index in [0.29, 0.717) is 6.61 Å². The Labute approximate surface area is 119 Å². The Morgan fingerprint density at radius 3 is 2.79 bits per heavy atom. The number of hydrogen-bond acceptors (Lipinski definition) is 2. The molecule has 0 aliphatic heterocycles. The molecule has 0 heterocycles. The van der Waals surface area contributed by atoms with Crippen molar-refractivity contribution in [3.63, 3.8) is 0 Å². The van der Waals surface area contributed by atoms with Crippen molar-refractivity contribution in [3.05, 3.63) is 42.0 Å². The molecule has 0 saturated heterocycles. The molecule has 2 nitrogen and oxygen atoms in total. The van der Waals surface area contributed by atoms with Gasteiger partial charge in [-0.1, -0.05) is 44.2 Å². The van der Waals surface area contributed by atoms with Crippen LogP contribution in [0, 0.1) is 0 Å². The molecule has 0 aliphatic rings. The molecule has 0 radical (unpaired) electrons. The highest BCUT2D eigenvalue weighted by Gasteiger charge is 2.20. The average Bonchev–Trinajstić information content (AvgIpc) is 2.44. The molecule has 1 aromatic rings. The van der Waals surface area contributed by atoms with E-state index in [1.54, 1.807) is 0 Å². The van der Waals surface area contributed by atoms with E-state index >= 15 is 0 Å². The van der Waals surface area contributed by atoms with Gasteiger partial charge >= 0.3 is 0 Å². The minimum Gasteiger partial charge on any atom is -0.413 e. The Kier molecular flexibility index (Phi) is 7.71. The molecule has 0 fully saturated rings. The van der Waals surface area contributed by atoms with Gasteiger partial charge in [-0.15, -0.1) is 0 Å². The molecule has 106 valence electrons. The van der Waals surface area contributed by atoms with E-state index in [2.05, 4.69) is 44.7 Å². The summed E-state index contributed by atoms with van der Waals surface area (Å²) in [4.78, 5) is 0. The van der Waals surface area contributed by atoms with Crippen molar-refractivity contribution >= 4 is 15.1 Å². The monoisotopic (exact) mass is 278 g/mol. The van der Waals surface area contributed by atoms with Crippen LogP contribution in [0.5, 0.6) is 0 Å². The van der Waals surface area contributed by atoms with Crippen molar-refractivity contribution in [2.75, 3.05) is 6.61 Å². The van der Waals surface area contributed by atoms with Gasteiger partial charge in [-0.3, -0.25) is 0 Å². The molecule has 0 saturated carbocycles. The Morgan fingerprint density at radius 1 is 1.37 bits per heavy atom. The maximum absolute atomic E-state index is 6.16. The molecule has 1 rings (SSSR count). The van der Waals surface area contributed by atoms with E-state index in [9.17, 15) is 0 Å². The molecule has 19 heavy (non-hydrogen) atoms. The Hall–Kier alpha value is -0.903. The molecule has 0 spiro atoms. The normalized spacial score (nSPS) is 14.1. The highest BCUT2D eigenvalue weighted by molar-refractivity contribution is 6.53. The first kappa shape index (κ1) is 16.2. The van der Waals surface area contributed by atoms with E-state index in [4.69, 9.17) is 9.16 Å². The summed E-state index contributed by atoms with van der Waals surface area (Å²) in [7, 11) is -1.29. The summed E-state index contributed by atoms with van der Waals surface area (Å²) in [6.45, 7) is 11.7. The Morgan fingerprint density at radius 2 is 2.16 bits per heavy atom. The van der Waals surface area contributed by atoms with E-state index in [1.807, 2.05) is 13.0 Å². The van der Waals surface area contributed by atoms with Gasteiger partial charge in [0, 0.05) is 6.61 Å². The van der Waals surface area contributed by atoms with Crippen LogP contribution in [0.4, 0.5) is 0 Å². The first-order chi connectivity index (χ1) is 9.21. The van der Waals surface area contributed by atoms with Gasteiger partial charge in [0.15, 0.2) is 0 Å². The Balaban J connectivity index is 2.56. The van der Waals surface area contributed by atoms with Crippen LogP contribution in [-0.4, -0.2) is 21.4 Å². The molecule has 0 aromatic heterocycles. The van der Waals surface area contributed by atoms with Crippen LogP contribution in [0.25, 0.3) is 6.08 Å². The predicted octanol–water partition coefficient (Wildman–Crippen LogP) is 3.94. The summed E-state index contributed by atoms with van der Waals surface area (Å²) in [6.07, 6.45) is 3.04. The topological polar surface area (TPSA) is 18.5 Å². The lowest BCUT2D eigenvalue weighted by Crippen LogP contribution is -2.33. The maximum Gasteiger partial charge on any atom is 0.205 e. The standard InChI is InChI=1S/C16H26O2Si/c1-5-11-19(14(4)17-7-3)18-13-16-10-8-9-15(6-2)12-16/h6,8-10,12,14,19H,2,5,7,11,13H2,1,3-4H3. The van der Waals surface area contributed by atoms with Crippen molar-refractivity contribution < 1.29 is 9.16 Å². The Bertz CT molecular complexity index is 379. The number of benzene rings is 1. The third-order valence-electron chi connectivity index (χ3n) is 3.18. The molecule has 2 atom stereocenters. The van der Waals surface area contributed by atoms with Crippen LogP contribution in [0.3, 0.4) is 0 Å². The fraction of sp³-hybridized carbons (Fsp3) is 0.500. The molecule has 0 amide bonds. The zero-order valence-electron chi connectivity index (χ0n) is 12.4. The second-order valence-electron chi connectivity index (χ2n) is 4.75. The predicted molar refractivity (Wildman–Crippen MR) is 84.7 cm³/mol. The lowest BCUT2D eigenvalue weighted by molar-refractivity contribution is 0.107. The van der Waals surface area contributed by atoms with Gasteiger partial charge in [0.2, 0.25) is 9.04 Å². The van der Waals surface area contributed by atoms with Crippen molar-refractivity contribution in [1.29, 1.82) is 0 Å². The van der Waals surface area contributed by atoms with E-state index in [1.165, 1.54) is 18.0 Å². The second kappa shape index (κ2) is 9.07. The van der Waals surface area contributed by atoms with Crippen molar-refractivity contribution in [3.8, 4) is 0 Å². The van der Waals surface area contributed by atoms with E-state index in [0.717, 1.165) is 12.2 Å². The third kappa shape index (κ3) is 5.72. The molecule has 3 heteroatoms. The van der Waals surface area contributed by atoms with Crippen molar-refractivity contribution in [1.82, 2.24) is 0 Å². The van der Waals surface area contributed by atoms with Crippen LogP contribution in [0.2, 0.25) is 6.04 Å². The highest BCUT2D eigenvalue weighted by atomic mass is 28.3. The van der Waals surface area contributed by atoms with Crippen LogP contribution in [-0.2, 0) is 15.8 Å².